The van der Waals surface area contributed by atoms with E-state index in [1.54, 1.807) is 24.3 Å². The zero-order valence-corrected chi connectivity index (χ0v) is 15.9. The van der Waals surface area contributed by atoms with Gasteiger partial charge >= 0.3 is 0 Å². The Morgan fingerprint density at radius 3 is 2.61 bits per heavy atom. The second-order valence-corrected chi connectivity index (χ2v) is 6.57. The summed E-state index contributed by atoms with van der Waals surface area (Å²) in [4.78, 5) is 22.8. The molecular weight excluding hydrogens is 477 g/mol. The van der Waals surface area contributed by atoms with Crippen molar-refractivity contribution in [1.29, 1.82) is 0 Å². The van der Waals surface area contributed by atoms with Gasteiger partial charge in [0.05, 0.1) is 10.7 Å². The monoisotopic (exact) mass is 489 g/mol. The molecule has 0 aliphatic carbocycles. The first kappa shape index (κ1) is 17.7. The topological polar surface area (TPSA) is 64.6 Å². The first-order valence-electron chi connectivity index (χ1n) is 6.54. The summed E-state index contributed by atoms with van der Waals surface area (Å²) < 4.78 is 12.4. The third-order valence-corrected chi connectivity index (χ3v) is 4.19. The maximum atomic E-state index is 12.0. The van der Waals surface area contributed by atoms with Crippen molar-refractivity contribution in [3.8, 4) is 11.5 Å². The summed E-state index contributed by atoms with van der Waals surface area (Å²) in [6.07, 6.45) is 0.731. The Morgan fingerprint density at radius 2 is 2.00 bits per heavy atom. The molecule has 1 amide bonds. The van der Waals surface area contributed by atoms with Crippen molar-refractivity contribution in [3.63, 3.8) is 0 Å². The molecule has 0 spiro atoms. The number of hydrogen-bond donors (Lipinski definition) is 1. The van der Waals surface area contributed by atoms with Crippen LogP contribution in [0.3, 0.4) is 0 Å². The zero-order valence-electron chi connectivity index (χ0n) is 12.1. The van der Waals surface area contributed by atoms with E-state index in [0.29, 0.717) is 26.3 Å². The number of anilines is 1. The van der Waals surface area contributed by atoms with Gasteiger partial charge in [0.1, 0.15) is 6.29 Å². The molecule has 2 aromatic rings. The molecule has 1 N–H and O–H groups in total. The fraction of sp³-hybridized carbons (Fsp3) is 0.125. The highest BCUT2D eigenvalue weighted by molar-refractivity contribution is 14.1. The van der Waals surface area contributed by atoms with Crippen molar-refractivity contribution in [2.75, 3.05) is 19.0 Å². The van der Waals surface area contributed by atoms with Crippen LogP contribution in [0.2, 0.25) is 0 Å². The minimum absolute atomic E-state index is 0.164. The number of benzene rings is 2. The highest BCUT2D eigenvalue weighted by Gasteiger charge is 2.13. The molecule has 0 aliphatic rings. The fourth-order valence-corrected chi connectivity index (χ4v) is 2.86. The lowest BCUT2D eigenvalue weighted by Crippen LogP contribution is -2.20. The summed E-state index contributed by atoms with van der Waals surface area (Å²) in [6.45, 7) is -0.164. The highest BCUT2D eigenvalue weighted by atomic mass is 127. The van der Waals surface area contributed by atoms with Gasteiger partial charge in [0, 0.05) is 15.7 Å². The van der Waals surface area contributed by atoms with Gasteiger partial charge in [0.25, 0.3) is 5.91 Å². The molecule has 23 heavy (non-hydrogen) atoms. The maximum absolute atomic E-state index is 12.0. The largest absolute Gasteiger partial charge is 0.493 e. The maximum Gasteiger partial charge on any atom is 0.262 e. The van der Waals surface area contributed by atoms with Gasteiger partial charge in [-0.2, -0.15) is 0 Å². The van der Waals surface area contributed by atoms with Gasteiger partial charge in [-0.3, -0.25) is 9.59 Å². The van der Waals surface area contributed by atoms with E-state index in [1.165, 1.54) is 7.11 Å². The highest BCUT2D eigenvalue weighted by Crippen LogP contribution is 2.33. The molecule has 0 unspecified atom stereocenters. The van der Waals surface area contributed by atoms with Crippen LogP contribution in [0, 0.1) is 3.57 Å². The first-order valence-corrected chi connectivity index (χ1v) is 8.41. The molecule has 2 aromatic carbocycles. The van der Waals surface area contributed by atoms with E-state index < -0.39 is 0 Å². The summed E-state index contributed by atoms with van der Waals surface area (Å²) in [7, 11) is 1.48. The Labute approximate surface area is 155 Å². The number of hydrogen-bond acceptors (Lipinski definition) is 4. The van der Waals surface area contributed by atoms with Crippen LogP contribution >= 0.6 is 38.5 Å². The van der Waals surface area contributed by atoms with Crippen LogP contribution < -0.4 is 14.8 Å². The number of amides is 1. The second-order valence-electron chi connectivity index (χ2n) is 4.50. The second kappa shape index (κ2) is 8.30. The zero-order chi connectivity index (χ0) is 16.8. The van der Waals surface area contributed by atoms with Gasteiger partial charge in [-0.25, -0.2) is 0 Å². The molecule has 2 rings (SSSR count). The molecule has 0 fully saturated rings. The van der Waals surface area contributed by atoms with Crippen molar-refractivity contribution in [1.82, 2.24) is 0 Å². The average molecular weight is 490 g/mol. The summed E-state index contributed by atoms with van der Waals surface area (Å²) in [5.41, 5.74) is 1.16. The van der Waals surface area contributed by atoms with Crippen LogP contribution in [-0.4, -0.2) is 25.9 Å². The van der Waals surface area contributed by atoms with Crippen molar-refractivity contribution >= 4 is 56.4 Å². The number of carbonyl (C=O) groups excluding carboxylic acids is 2. The van der Waals surface area contributed by atoms with Crippen molar-refractivity contribution < 1.29 is 19.1 Å². The van der Waals surface area contributed by atoms with Crippen LogP contribution in [0.15, 0.2) is 40.9 Å². The summed E-state index contributed by atoms with van der Waals surface area (Å²) in [5, 5.41) is 2.73. The van der Waals surface area contributed by atoms with Gasteiger partial charge < -0.3 is 14.8 Å². The van der Waals surface area contributed by atoms with Gasteiger partial charge in [0.15, 0.2) is 18.1 Å². The number of ether oxygens (including phenoxy) is 2. The van der Waals surface area contributed by atoms with E-state index in [1.807, 2.05) is 34.7 Å². The number of carbonyl (C=O) groups is 2. The number of rotatable bonds is 6. The molecule has 0 radical (unpaired) electrons. The van der Waals surface area contributed by atoms with Gasteiger partial charge in [0.2, 0.25) is 0 Å². The molecule has 120 valence electrons. The molecule has 0 aliphatic heterocycles. The molecule has 0 bridgehead atoms. The van der Waals surface area contributed by atoms with Crippen LogP contribution in [0.5, 0.6) is 11.5 Å². The van der Waals surface area contributed by atoms with Crippen LogP contribution in [0.1, 0.15) is 10.4 Å². The van der Waals surface area contributed by atoms with Gasteiger partial charge in [-0.1, -0.05) is 15.9 Å². The molecule has 0 saturated carbocycles. The third-order valence-electron chi connectivity index (χ3n) is 2.86. The minimum Gasteiger partial charge on any atom is -0.493 e. The standard InChI is InChI=1S/C16H13BrINO4/c1-22-14-7-10(8-20)6-13(18)16(14)23-9-15(21)19-12-4-2-11(17)3-5-12/h2-8H,9H2,1H3,(H,19,21). The number of methoxy groups -OCH3 is 1. The van der Waals surface area contributed by atoms with Crippen molar-refractivity contribution in [2.45, 2.75) is 0 Å². The lowest BCUT2D eigenvalue weighted by atomic mass is 10.2. The van der Waals surface area contributed by atoms with Crippen LogP contribution in [0.4, 0.5) is 5.69 Å². The Bertz CT molecular complexity index is 719. The summed E-state index contributed by atoms with van der Waals surface area (Å²) in [6, 6.07) is 10.5. The van der Waals surface area contributed by atoms with E-state index in [2.05, 4.69) is 21.2 Å². The smallest absolute Gasteiger partial charge is 0.262 e. The van der Waals surface area contributed by atoms with Gasteiger partial charge in [-0.15, -0.1) is 0 Å². The van der Waals surface area contributed by atoms with E-state index in [4.69, 9.17) is 9.47 Å². The number of halogens is 2. The Kier molecular flexibility index (Phi) is 6.40. The summed E-state index contributed by atoms with van der Waals surface area (Å²) >= 11 is 5.36. The molecule has 0 aromatic heterocycles. The molecule has 0 heterocycles. The third kappa shape index (κ3) is 4.93. The van der Waals surface area contributed by atoms with Gasteiger partial charge in [-0.05, 0) is 59.0 Å². The normalized spacial score (nSPS) is 10.0. The fourth-order valence-electron chi connectivity index (χ4n) is 1.82. The Morgan fingerprint density at radius 1 is 1.30 bits per heavy atom. The van der Waals surface area contributed by atoms with E-state index in [0.717, 1.165) is 10.8 Å². The van der Waals surface area contributed by atoms with Crippen LogP contribution in [0.25, 0.3) is 0 Å². The molecule has 0 saturated heterocycles. The van der Waals surface area contributed by atoms with E-state index in [-0.39, 0.29) is 12.5 Å². The molecular formula is C16H13BrINO4. The Hall–Kier alpha value is -1.61. The van der Waals surface area contributed by atoms with E-state index in [9.17, 15) is 9.59 Å². The average Bonchev–Trinajstić information content (AvgIpc) is 2.55. The van der Waals surface area contributed by atoms with E-state index >= 15 is 0 Å². The van der Waals surface area contributed by atoms with Crippen molar-refractivity contribution in [3.05, 3.63) is 50.0 Å². The molecule has 5 nitrogen and oxygen atoms in total. The van der Waals surface area contributed by atoms with Crippen LogP contribution in [-0.2, 0) is 4.79 Å². The summed E-state index contributed by atoms with van der Waals surface area (Å²) in [5.74, 6) is 0.560. The quantitative estimate of drug-likeness (QED) is 0.494. The lowest BCUT2D eigenvalue weighted by molar-refractivity contribution is -0.118. The number of nitrogens with one attached hydrogen (secondary N) is 1. The number of aldehydes is 1. The molecule has 7 heteroatoms. The predicted molar refractivity (Wildman–Crippen MR) is 99.4 cm³/mol. The lowest BCUT2D eigenvalue weighted by Gasteiger charge is -2.13. The molecule has 0 atom stereocenters. The Balaban J connectivity index is 2.04. The minimum atomic E-state index is -0.287. The first-order chi connectivity index (χ1) is 11.0. The predicted octanol–water partition coefficient (Wildman–Crippen LogP) is 3.89. The van der Waals surface area contributed by atoms with Crippen molar-refractivity contribution in [2.24, 2.45) is 0 Å². The SMILES string of the molecule is COc1cc(C=O)cc(I)c1OCC(=O)Nc1ccc(Br)cc1.